The van der Waals surface area contributed by atoms with Crippen molar-refractivity contribution in [2.75, 3.05) is 30.9 Å². The van der Waals surface area contributed by atoms with E-state index < -0.39 is 0 Å². The zero-order valence-electron chi connectivity index (χ0n) is 12.8. The summed E-state index contributed by atoms with van der Waals surface area (Å²) in [6.07, 6.45) is 4.61. The van der Waals surface area contributed by atoms with E-state index in [1.807, 2.05) is 24.5 Å². The van der Waals surface area contributed by atoms with Crippen molar-refractivity contribution in [2.24, 2.45) is 0 Å². The number of anilines is 2. The third-order valence-electron chi connectivity index (χ3n) is 3.79. The zero-order chi connectivity index (χ0) is 14.8. The van der Waals surface area contributed by atoms with Crippen LogP contribution in [-0.2, 0) is 19.4 Å². The maximum Gasteiger partial charge on any atom is 0.227 e. The number of nitrogens with zero attached hydrogens (tertiary/aromatic N) is 5. The highest BCUT2D eigenvalue weighted by Crippen LogP contribution is 2.29. The number of rotatable bonds is 4. The Bertz CT molecular complexity index is 609. The van der Waals surface area contributed by atoms with E-state index in [4.69, 9.17) is 9.97 Å². The molecule has 0 saturated carbocycles. The Morgan fingerprint density at radius 2 is 1.95 bits per heavy atom. The Morgan fingerprint density at radius 1 is 1.14 bits per heavy atom. The number of hydrogen-bond acceptors (Lipinski definition) is 6. The lowest BCUT2D eigenvalue weighted by Gasteiger charge is -2.26. The van der Waals surface area contributed by atoms with Crippen molar-refractivity contribution in [1.29, 1.82) is 0 Å². The minimum Gasteiger partial charge on any atom is -0.353 e. The first kappa shape index (κ1) is 14.3. The van der Waals surface area contributed by atoms with Crippen LogP contribution in [0.1, 0.15) is 29.8 Å². The summed E-state index contributed by atoms with van der Waals surface area (Å²) in [7, 11) is 6.08. The summed E-state index contributed by atoms with van der Waals surface area (Å²) in [5.74, 6) is 1.87. The minimum absolute atomic E-state index is 0.791. The molecule has 0 spiro atoms. The molecule has 0 N–H and O–H groups in total. The molecule has 3 rings (SSSR count). The standard InChI is InChI=1S/C15H21N5S/c1-19(2)15-17-13-7-5-4-6-12(13)14(18-15)20(3)8-11-9-21-10-16-11/h9-10H,4-8H2,1-3H3. The number of thiazole rings is 1. The molecule has 2 aromatic rings. The second-order valence-electron chi connectivity index (χ2n) is 5.71. The molecule has 1 aliphatic carbocycles. The molecule has 0 saturated heterocycles. The summed E-state index contributed by atoms with van der Waals surface area (Å²) in [5, 5.41) is 2.09. The Balaban J connectivity index is 1.97. The molecule has 2 heterocycles. The van der Waals surface area contributed by atoms with E-state index in [0.29, 0.717) is 0 Å². The van der Waals surface area contributed by atoms with Crippen LogP contribution in [0.3, 0.4) is 0 Å². The van der Waals surface area contributed by atoms with Gasteiger partial charge in [0.15, 0.2) is 0 Å². The number of aromatic nitrogens is 3. The predicted molar refractivity (Wildman–Crippen MR) is 87.2 cm³/mol. The van der Waals surface area contributed by atoms with Crippen LogP contribution in [0.2, 0.25) is 0 Å². The Hall–Kier alpha value is -1.69. The molecule has 0 bridgehead atoms. The SMILES string of the molecule is CN(C)c1nc2c(c(N(C)Cc3cscn3)n1)CCCC2. The van der Waals surface area contributed by atoms with Crippen LogP contribution in [0.4, 0.5) is 11.8 Å². The molecule has 0 atom stereocenters. The van der Waals surface area contributed by atoms with Crippen molar-refractivity contribution in [1.82, 2.24) is 15.0 Å². The Labute approximate surface area is 129 Å². The molecule has 6 heteroatoms. The molecular formula is C15H21N5S. The third kappa shape index (κ3) is 3.00. The molecule has 112 valence electrons. The topological polar surface area (TPSA) is 45.2 Å². The maximum atomic E-state index is 4.78. The first-order valence-electron chi connectivity index (χ1n) is 7.30. The first-order chi connectivity index (χ1) is 10.1. The van der Waals surface area contributed by atoms with Gasteiger partial charge in [-0.2, -0.15) is 4.98 Å². The van der Waals surface area contributed by atoms with Gasteiger partial charge in [-0.05, 0) is 25.7 Å². The Morgan fingerprint density at radius 3 is 2.67 bits per heavy atom. The molecule has 0 fully saturated rings. The lowest BCUT2D eigenvalue weighted by Crippen LogP contribution is -2.24. The summed E-state index contributed by atoms with van der Waals surface area (Å²) >= 11 is 1.63. The van der Waals surface area contributed by atoms with Crippen LogP contribution < -0.4 is 9.80 Å². The van der Waals surface area contributed by atoms with Gasteiger partial charge in [-0.3, -0.25) is 0 Å². The van der Waals surface area contributed by atoms with Gasteiger partial charge in [-0.25, -0.2) is 9.97 Å². The first-order valence-corrected chi connectivity index (χ1v) is 8.24. The molecule has 21 heavy (non-hydrogen) atoms. The van der Waals surface area contributed by atoms with E-state index in [1.165, 1.54) is 24.1 Å². The molecular weight excluding hydrogens is 282 g/mol. The average molecular weight is 303 g/mol. The van der Waals surface area contributed by atoms with Gasteiger partial charge in [0.2, 0.25) is 5.95 Å². The normalized spacial score (nSPS) is 13.9. The second kappa shape index (κ2) is 5.97. The predicted octanol–water partition coefficient (Wildman–Crippen LogP) is 2.51. The van der Waals surface area contributed by atoms with Crippen LogP contribution in [-0.4, -0.2) is 36.1 Å². The molecule has 2 aromatic heterocycles. The molecule has 0 radical (unpaired) electrons. The summed E-state index contributed by atoms with van der Waals surface area (Å²) in [6.45, 7) is 0.791. The summed E-state index contributed by atoms with van der Waals surface area (Å²) in [6, 6.07) is 0. The summed E-state index contributed by atoms with van der Waals surface area (Å²) < 4.78 is 0. The number of aryl methyl sites for hydroxylation is 1. The molecule has 5 nitrogen and oxygen atoms in total. The van der Waals surface area contributed by atoms with Crippen molar-refractivity contribution >= 4 is 23.1 Å². The average Bonchev–Trinajstić information content (AvgIpc) is 2.98. The number of hydrogen-bond donors (Lipinski definition) is 0. The lowest BCUT2D eigenvalue weighted by molar-refractivity contribution is 0.656. The van der Waals surface area contributed by atoms with Crippen LogP contribution in [0, 0.1) is 0 Å². The quantitative estimate of drug-likeness (QED) is 0.868. The van der Waals surface area contributed by atoms with Crippen LogP contribution in [0.15, 0.2) is 10.9 Å². The minimum atomic E-state index is 0.791. The highest BCUT2D eigenvalue weighted by molar-refractivity contribution is 7.07. The van der Waals surface area contributed by atoms with E-state index in [-0.39, 0.29) is 0 Å². The number of fused-ring (bicyclic) bond motifs is 1. The maximum absolute atomic E-state index is 4.78. The van der Waals surface area contributed by atoms with Gasteiger partial charge >= 0.3 is 0 Å². The van der Waals surface area contributed by atoms with E-state index in [0.717, 1.165) is 36.8 Å². The van der Waals surface area contributed by atoms with E-state index in [2.05, 4.69) is 22.3 Å². The van der Waals surface area contributed by atoms with Crippen LogP contribution in [0.25, 0.3) is 0 Å². The van der Waals surface area contributed by atoms with Crippen LogP contribution >= 0.6 is 11.3 Å². The van der Waals surface area contributed by atoms with Crippen molar-refractivity contribution in [3.63, 3.8) is 0 Å². The van der Waals surface area contributed by atoms with E-state index in [1.54, 1.807) is 11.3 Å². The van der Waals surface area contributed by atoms with Gasteiger partial charge in [0.1, 0.15) is 5.82 Å². The third-order valence-corrected chi connectivity index (χ3v) is 4.43. The summed E-state index contributed by atoms with van der Waals surface area (Å²) in [5.41, 5.74) is 5.52. The van der Waals surface area contributed by atoms with Crippen molar-refractivity contribution in [2.45, 2.75) is 32.2 Å². The van der Waals surface area contributed by atoms with Gasteiger partial charge < -0.3 is 9.80 Å². The van der Waals surface area contributed by atoms with Crippen molar-refractivity contribution < 1.29 is 0 Å². The highest BCUT2D eigenvalue weighted by Gasteiger charge is 2.21. The second-order valence-corrected chi connectivity index (χ2v) is 6.43. The molecule has 0 aliphatic heterocycles. The molecule has 0 amide bonds. The fourth-order valence-corrected chi connectivity index (χ4v) is 3.26. The highest BCUT2D eigenvalue weighted by atomic mass is 32.1. The van der Waals surface area contributed by atoms with Gasteiger partial charge in [0, 0.05) is 32.1 Å². The Kier molecular flexibility index (Phi) is 4.05. The monoisotopic (exact) mass is 303 g/mol. The van der Waals surface area contributed by atoms with Gasteiger partial charge in [-0.1, -0.05) is 0 Å². The smallest absolute Gasteiger partial charge is 0.227 e. The molecule has 0 aromatic carbocycles. The molecule has 0 unspecified atom stereocenters. The van der Waals surface area contributed by atoms with Crippen LogP contribution in [0.5, 0.6) is 0 Å². The lowest BCUT2D eigenvalue weighted by atomic mass is 9.96. The summed E-state index contributed by atoms with van der Waals surface area (Å²) in [4.78, 5) is 18.1. The van der Waals surface area contributed by atoms with Gasteiger partial charge in [0.25, 0.3) is 0 Å². The van der Waals surface area contributed by atoms with E-state index in [9.17, 15) is 0 Å². The van der Waals surface area contributed by atoms with Gasteiger partial charge in [0.05, 0.1) is 23.4 Å². The fraction of sp³-hybridized carbons (Fsp3) is 0.533. The van der Waals surface area contributed by atoms with Crippen molar-refractivity contribution in [3.05, 3.63) is 27.8 Å². The molecule has 1 aliphatic rings. The fourth-order valence-electron chi connectivity index (χ4n) is 2.71. The largest absolute Gasteiger partial charge is 0.353 e. The van der Waals surface area contributed by atoms with Crippen molar-refractivity contribution in [3.8, 4) is 0 Å². The zero-order valence-corrected chi connectivity index (χ0v) is 13.7. The van der Waals surface area contributed by atoms with Gasteiger partial charge in [-0.15, -0.1) is 11.3 Å². The van der Waals surface area contributed by atoms with E-state index >= 15 is 0 Å².